The second kappa shape index (κ2) is 3.82. The number of methoxy groups -OCH3 is 1. The van der Waals surface area contributed by atoms with Crippen LogP contribution >= 0.6 is 0 Å². The molecule has 1 N–H and O–H groups in total. The number of hydrogen-bond donors (Lipinski definition) is 1. The number of nitrogens with one attached hydrogen (secondary N) is 1. The SMILES string of the molecule is CNc1ncnc(COC)n1. The molecule has 0 spiro atoms. The molecule has 1 aromatic heterocycles. The molecule has 0 amide bonds. The van der Waals surface area contributed by atoms with Gasteiger partial charge in [0.2, 0.25) is 5.95 Å². The quantitative estimate of drug-likeness (QED) is 0.667. The van der Waals surface area contributed by atoms with E-state index >= 15 is 0 Å². The minimum atomic E-state index is 0.414. The molecule has 0 aliphatic carbocycles. The van der Waals surface area contributed by atoms with Gasteiger partial charge in [-0.15, -0.1) is 0 Å². The average molecular weight is 154 g/mol. The van der Waals surface area contributed by atoms with E-state index in [2.05, 4.69) is 20.3 Å². The Hall–Kier alpha value is -1.23. The number of nitrogens with zero attached hydrogens (tertiary/aromatic N) is 3. The first kappa shape index (κ1) is 7.87. The lowest BCUT2D eigenvalue weighted by Crippen LogP contribution is -2.02. The molecule has 5 heteroatoms. The Morgan fingerprint density at radius 3 is 3.00 bits per heavy atom. The van der Waals surface area contributed by atoms with Crippen molar-refractivity contribution in [3.05, 3.63) is 12.2 Å². The number of anilines is 1. The van der Waals surface area contributed by atoms with E-state index in [1.54, 1.807) is 14.2 Å². The monoisotopic (exact) mass is 154 g/mol. The maximum Gasteiger partial charge on any atom is 0.225 e. The van der Waals surface area contributed by atoms with Crippen LogP contribution in [-0.2, 0) is 11.3 Å². The van der Waals surface area contributed by atoms with E-state index in [9.17, 15) is 0 Å². The topological polar surface area (TPSA) is 59.9 Å². The summed E-state index contributed by atoms with van der Waals surface area (Å²) < 4.78 is 4.85. The highest BCUT2D eigenvalue weighted by Crippen LogP contribution is 1.95. The predicted molar refractivity (Wildman–Crippen MR) is 40.1 cm³/mol. The maximum absolute atomic E-state index is 4.85. The van der Waals surface area contributed by atoms with Crippen molar-refractivity contribution in [1.29, 1.82) is 0 Å². The van der Waals surface area contributed by atoms with E-state index in [0.29, 0.717) is 18.4 Å². The van der Waals surface area contributed by atoms with E-state index in [1.165, 1.54) is 6.33 Å². The molecule has 60 valence electrons. The number of hydrogen-bond acceptors (Lipinski definition) is 5. The molecule has 1 heterocycles. The Balaban J connectivity index is 2.74. The zero-order valence-corrected chi connectivity index (χ0v) is 6.53. The summed E-state index contributed by atoms with van der Waals surface area (Å²) in [5, 5.41) is 2.81. The fourth-order valence-corrected chi connectivity index (χ4v) is 0.649. The van der Waals surface area contributed by atoms with E-state index in [-0.39, 0.29) is 0 Å². The van der Waals surface area contributed by atoms with E-state index in [1.807, 2.05) is 0 Å². The molecule has 0 fully saturated rings. The molecule has 0 aliphatic rings. The third kappa shape index (κ3) is 2.12. The lowest BCUT2D eigenvalue weighted by Gasteiger charge is -1.99. The number of ether oxygens (including phenoxy) is 1. The summed E-state index contributed by atoms with van der Waals surface area (Å²) in [5.74, 6) is 1.19. The molecule has 0 saturated carbocycles. The van der Waals surface area contributed by atoms with Crippen molar-refractivity contribution in [1.82, 2.24) is 15.0 Å². The van der Waals surface area contributed by atoms with Crippen LogP contribution in [-0.4, -0.2) is 29.1 Å². The number of rotatable bonds is 3. The van der Waals surface area contributed by atoms with Gasteiger partial charge in [0, 0.05) is 14.2 Å². The van der Waals surface area contributed by atoms with Crippen LogP contribution in [0.5, 0.6) is 0 Å². The molecule has 0 saturated heterocycles. The first-order valence-electron chi connectivity index (χ1n) is 3.21. The molecule has 0 aliphatic heterocycles. The van der Waals surface area contributed by atoms with Crippen LogP contribution in [0.1, 0.15) is 5.82 Å². The first-order valence-corrected chi connectivity index (χ1v) is 3.21. The number of aromatic nitrogens is 3. The fourth-order valence-electron chi connectivity index (χ4n) is 0.649. The molecule has 0 unspecified atom stereocenters. The Bertz CT molecular complexity index is 228. The molecule has 0 bridgehead atoms. The Morgan fingerprint density at radius 2 is 2.36 bits per heavy atom. The molecule has 1 rings (SSSR count). The molecule has 0 atom stereocenters. The van der Waals surface area contributed by atoms with Gasteiger partial charge in [0.15, 0.2) is 5.82 Å². The van der Waals surface area contributed by atoms with Crippen LogP contribution in [0.25, 0.3) is 0 Å². The van der Waals surface area contributed by atoms with Gasteiger partial charge in [-0.1, -0.05) is 0 Å². The summed E-state index contributed by atoms with van der Waals surface area (Å²) in [6, 6.07) is 0. The highest BCUT2D eigenvalue weighted by molar-refractivity contribution is 5.20. The Labute approximate surface area is 64.8 Å². The first-order chi connectivity index (χ1) is 5.36. The van der Waals surface area contributed by atoms with Gasteiger partial charge in [0.05, 0.1) is 0 Å². The van der Waals surface area contributed by atoms with E-state index < -0.39 is 0 Å². The van der Waals surface area contributed by atoms with Gasteiger partial charge in [0.25, 0.3) is 0 Å². The second-order valence-corrected chi connectivity index (χ2v) is 1.91. The van der Waals surface area contributed by atoms with Crippen LogP contribution < -0.4 is 5.32 Å². The minimum absolute atomic E-state index is 0.414. The Kier molecular flexibility index (Phi) is 2.74. The van der Waals surface area contributed by atoms with Crippen molar-refractivity contribution >= 4 is 5.95 Å². The highest BCUT2D eigenvalue weighted by atomic mass is 16.5. The van der Waals surface area contributed by atoms with Crippen molar-refractivity contribution in [3.63, 3.8) is 0 Å². The molecule has 5 nitrogen and oxygen atoms in total. The largest absolute Gasteiger partial charge is 0.377 e. The highest BCUT2D eigenvalue weighted by Gasteiger charge is 1.96. The summed E-state index contributed by atoms with van der Waals surface area (Å²) in [7, 11) is 3.36. The van der Waals surface area contributed by atoms with Gasteiger partial charge in [-0.3, -0.25) is 0 Å². The normalized spacial score (nSPS) is 9.64. The van der Waals surface area contributed by atoms with Crippen molar-refractivity contribution in [2.75, 3.05) is 19.5 Å². The van der Waals surface area contributed by atoms with Crippen LogP contribution in [0, 0.1) is 0 Å². The summed E-state index contributed by atoms with van der Waals surface area (Å²) in [5.41, 5.74) is 0. The minimum Gasteiger partial charge on any atom is -0.377 e. The standard InChI is InChI=1S/C6H10N4O/c1-7-6-9-4-8-5(10-6)3-11-2/h4H,3H2,1-2H3,(H,7,8,9,10). The maximum atomic E-state index is 4.85. The van der Waals surface area contributed by atoms with Gasteiger partial charge >= 0.3 is 0 Å². The lowest BCUT2D eigenvalue weighted by molar-refractivity contribution is 0.177. The van der Waals surface area contributed by atoms with Gasteiger partial charge < -0.3 is 10.1 Å². The molecule has 1 aromatic rings. The van der Waals surface area contributed by atoms with E-state index in [0.717, 1.165) is 0 Å². The average Bonchev–Trinajstić information content (AvgIpc) is 2.06. The summed E-state index contributed by atoms with van der Waals surface area (Å²) in [4.78, 5) is 11.8. The summed E-state index contributed by atoms with van der Waals surface area (Å²) in [6.45, 7) is 0.414. The third-order valence-electron chi connectivity index (χ3n) is 1.12. The van der Waals surface area contributed by atoms with Gasteiger partial charge in [-0.2, -0.15) is 4.98 Å². The predicted octanol–water partition coefficient (Wildman–Crippen LogP) is 0.0597. The lowest BCUT2D eigenvalue weighted by atomic mass is 10.6. The summed E-state index contributed by atoms with van der Waals surface area (Å²) >= 11 is 0. The molecule has 11 heavy (non-hydrogen) atoms. The van der Waals surface area contributed by atoms with E-state index in [4.69, 9.17) is 4.74 Å². The molecule has 0 radical (unpaired) electrons. The van der Waals surface area contributed by atoms with Crippen LogP contribution in [0.15, 0.2) is 6.33 Å². The van der Waals surface area contributed by atoms with Crippen LogP contribution in [0.4, 0.5) is 5.95 Å². The second-order valence-electron chi connectivity index (χ2n) is 1.91. The zero-order valence-electron chi connectivity index (χ0n) is 6.53. The van der Waals surface area contributed by atoms with Crippen molar-refractivity contribution in [2.24, 2.45) is 0 Å². The van der Waals surface area contributed by atoms with Crippen LogP contribution in [0.3, 0.4) is 0 Å². The van der Waals surface area contributed by atoms with Crippen LogP contribution in [0.2, 0.25) is 0 Å². The Morgan fingerprint density at radius 1 is 1.55 bits per heavy atom. The van der Waals surface area contributed by atoms with Crippen molar-refractivity contribution < 1.29 is 4.74 Å². The van der Waals surface area contributed by atoms with Crippen molar-refractivity contribution in [2.45, 2.75) is 6.61 Å². The fraction of sp³-hybridized carbons (Fsp3) is 0.500. The van der Waals surface area contributed by atoms with Gasteiger partial charge in [-0.25, -0.2) is 9.97 Å². The third-order valence-corrected chi connectivity index (χ3v) is 1.12. The molecular formula is C6H10N4O. The molecular weight excluding hydrogens is 144 g/mol. The smallest absolute Gasteiger partial charge is 0.225 e. The zero-order chi connectivity index (χ0) is 8.10. The molecule has 0 aromatic carbocycles. The van der Waals surface area contributed by atoms with Gasteiger partial charge in [-0.05, 0) is 0 Å². The summed E-state index contributed by atoms with van der Waals surface area (Å²) in [6.07, 6.45) is 1.45. The van der Waals surface area contributed by atoms with Crippen molar-refractivity contribution in [3.8, 4) is 0 Å². The van der Waals surface area contributed by atoms with Gasteiger partial charge in [0.1, 0.15) is 12.9 Å².